The van der Waals surface area contributed by atoms with Gasteiger partial charge in [-0.15, -0.1) is 0 Å². The number of benzene rings is 2. The van der Waals surface area contributed by atoms with Gasteiger partial charge in [0.2, 0.25) is 11.7 Å². The Morgan fingerprint density at radius 1 is 1.21 bits per heavy atom. The van der Waals surface area contributed by atoms with Gasteiger partial charge in [-0.2, -0.15) is 5.26 Å². The molecule has 0 aromatic heterocycles. The topological polar surface area (TPSA) is 155 Å². The summed E-state index contributed by atoms with van der Waals surface area (Å²) >= 11 is 0. The van der Waals surface area contributed by atoms with Crippen LogP contribution in [0.3, 0.4) is 0 Å². The molecule has 0 saturated heterocycles. The fourth-order valence-corrected chi connectivity index (χ4v) is 2.35. The third kappa shape index (κ3) is 5.30. The van der Waals surface area contributed by atoms with Crippen LogP contribution >= 0.6 is 0 Å². The molecule has 2 rings (SSSR count). The number of nitrogens with one attached hydrogen (secondary N) is 2. The number of rotatable bonds is 6. The molecule has 0 aliphatic rings. The van der Waals surface area contributed by atoms with Crippen molar-refractivity contribution in [3.8, 4) is 17.6 Å². The molecule has 10 nitrogen and oxygen atoms in total. The number of nitro benzene ring substituents is 1. The highest BCUT2D eigenvalue weighted by atomic mass is 16.6. The van der Waals surface area contributed by atoms with Gasteiger partial charge >= 0.3 is 5.69 Å². The summed E-state index contributed by atoms with van der Waals surface area (Å²) in [6.45, 7) is 1.36. The molecule has 0 fully saturated rings. The molecular weight excluding hydrogens is 380 g/mol. The Bertz CT molecular complexity index is 1040. The van der Waals surface area contributed by atoms with Crippen LogP contribution in [0.15, 0.2) is 42.0 Å². The minimum absolute atomic E-state index is 0.124. The minimum Gasteiger partial charge on any atom is -0.500 e. The third-order valence-electron chi connectivity index (χ3n) is 3.63. The molecule has 0 aliphatic heterocycles. The SMILES string of the molecule is COc1cc(/C=C(\C#N)C(=O)Nc2ccc(NC(C)=O)cc2)cc([N+](=O)[O-])c1O. The van der Waals surface area contributed by atoms with E-state index in [0.717, 1.165) is 12.1 Å². The highest BCUT2D eigenvalue weighted by molar-refractivity contribution is 6.09. The van der Waals surface area contributed by atoms with Crippen molar-refractivity contribution in [1.82, 2.24) is 0 Å². The maximum atomic E-state index is 12.4. The maximum Gasteiger partial charge on any atom is 0.315 e. The van der Waals surface area contributed by atoms with Gasteiger partial charge in [-0.1, -0.05) is 0 Å². The Labute approximate surface area is 165 Å². The summed E-state index contributed by atoms with van der Waals surface area (Å²) in [5, 5.41) is 35.3. The number of phenols is 1. The molecule has 2 amide bonds. The van der Waals surface area contributed by atoms with Crippen LogP contribution in [0.4, 0.5) is 17.1 Å². The number of methoxy groups -OCH3 is 1. The molecule has 0 bridgehead atoms. The number of nitrogens with zero attached hydrogens (tertiary/aromatic N) is 2. The lowest BCUT2D eigenvalue weighted by Crippen LogP contribution is -2.13. The Kier molecular flexibility index (Phi) is 6.50. The minimum atomic E-state index is -0.808. The first-order valence-electron chi connectivity index (χ1n) is 8.11. The van der Waals surface area contributed by atoms with Gasteiger partial charge in [0.1, 0.15) is 11.6 Å². The van der Waals surface area contributed by atoms with Gasteiger partial charge in [0, 0.05) is 24.4 Å². The largest absolute Gasteiger partial charge is 0.500 e. The molecule has 29 heavy (non-hydrogen) atoms. The van der Waals surface area contributed by atoms with Crippen LogP contribution < -0.4 is 15.4 Å². The van der Waals surface area contributed by atoms with Gasteiger partial charge in [-0.25, -0.2) is 0 Å². The number of hydrogen-bond donors (Lipinski definition) is 3. The molecule has 0 unspecified atom stereocenters. The first-order chi connectivity index (χ1) is 13.7. The number of carbonyl (C=O) groups is 2. The highest BCUT2D eigenvalue weighted by Gasteiger charge is 2.20. The molecule has 0 heterocycles. The highest BCUT2D eigenvalue weighted by Crippen LogP contribution is 2.37. The summed E-state index contributed by atoms with van der Waals surface area (Å²) < 4.78 is 4.89. The molecule has 3 N–H and O–H groups in total. The van der Waals surface area contributed by atoms with Crippen LogP contribution in [0.25, 0.3) is 6.08 Å². The second kappa shape index (κ2) is 9.01. The lowest BCUT2D eigenvalue weighted by Gasteiger charge is -2.07. The van der Waals surface area contributed by atoms with Crippen molar-refractivity contribution >= 4 is 35.0 Å². The fraction of sp³-hybridized carbons (Fsp3) is 0.105. The van der Waals surface area contributed by atoms with E-state index in [2.05, 4.69) is 10.6 Å². The standard InChI is InChI=1S/C19H16N4O6/c1-11(24)21-14-3-5-15(6-4-14)22-19(26)13(10-20)7-12-8-16(23(27)28)18(25)17(9-12)29-2/h3-9,25H,1-2H3,(H,21,24)(H,22,26)/b13-7+. The molecule has 2 aromatic carbocycles. The van der Waals surface area contributed by atoms with Crippen LogP contribution in [0.1, 0.15) is 12.5 Å². The molecule has 148 valence electrons. The lowest BCUT2D eigenvalue weighted by atomic mass is 10.1. The van der Waals surface area contributed by atoms with Crippen molar-refractivity contribution in [2.45, 2.75) is 6.92 Å². The van der Waals surface area contributed by atoms with Gasteiger partial charge in [0.05, 0.1) is 12.0 Å². The zero-order valence-corrected chi connectivity index (χ0v) is 15.4. The molecule has 0 aliphatic carbocycles. The van der Waals surface area contributed by atoms with Gasteiger partial charge in [-0.05, 0) is 42.0 Å². The number of phenolic OH excluding ortho intramolecular Hbond substituents is 1. The number of carbonyl (C=O) groups excluding carboxylic acids is 2. The quantitative estimate of drug-likeness (QED) is 0.293. The fourth-order valence-electron chi connectivity index (χ4n) is 2.35. The number of ether oxygens (including phenoxy) is 1. The van der Waals surface area contributed by atoms with E-state index in [0.29, 0.717) is 11.4 Å². The Morgan fingerprint density at radius 2 is 1.79 bits per heavy atom. The number of hydrogen-bond acceptors (Lipinski definition) is 7. The zero-order valence-electron chi connectivity index (χ0n) is 15.4. The van der Waals surface area contributed by atoms with Crippen molar-refractivity contribution in [3.63, 3.8) is 0 Å². The summed E-state index contributed by atoms with van der Waals surface area (Å²) in [4.78, 5) is 33.6. The van der Waals surface area contributed by atoms with Crippen LogP contribution in [0.5, 0.6) is 11.5 Å². The summed E-state index contributed by atoms with van der Waals surface area (Å²) in [5.41, 5.74) is 0.0912. The normalized spacial score (nSPS) is 10.6. The molecule has 0 saturated carbocycles. The van der Waals surface area contributed by atoms with Crippen LogP contribution in [0.2, 0.25) is 0 Å². The Balaban J connectivity index is 2.28. The molecular formula is C19H16N4O6. The maximum absolute atomic E-state index is 12.4. The summed E-state index contributed by atoms with van der Waals surface area (Å²) in [6, 6.07) is 10.2. The van der Waals surface area contributed by atoms with E-state index >= 15 is 0 Å². The number of anilines is 2. The summed E-state index contributed by atoms with van der Waals surface area (Å²) in [6.07, 6.45) is 1.13. The predicted octanol–water partition coefficient (Wildman–Crippen LogP) is 2.81. The summed E-state index contributed by atoms with van der Waals surface area (Å²) in [7, 11) is 1.22. The monoisotopic (exact) mass is 396 g/mol. The third-order valence-corrected chi connectivity index (χ3v) is 3.63. The van der Waals surface area contributed by atoms with Crippen molar-refractivity contribution in [1.29, 1.82) is 5.26 Å². The predicted molar refractivity (Wildman–Crippen MR) is 104 cm³/mol. The van der Waals surface area contributed by atoms with Crippen LogP contribution in [0, 0.1) is 21.4 Å². The molecule has 0 radical (unpaired) electrons. The first-order valence-corrected chi connectivity index (χ1v) is 8.11. The number of nitro groups is 1. The van der Waals surface area contributed by atoms with E-state index in [9.17, 15) is 30.1 Å². The second-order valence-corrected chi connectivity index (χ2v) is 5.73. The lowest BCUT2D eigenvalue weighted by molar-refractivity contribution is -0.386. The van der Waals surface area contributed by atoms with Gasteiger partial charge in [0.25, 0.3) is 5.91 Å². The Morgan fingerprint density at radius 3 is 2.28 bits per heavy atom. The van der Waals surface area contributed by atoms with E-state index in [4.69, 9.17) is 4.74 Å². The van der Waals surface area contributed by atoms with Crippen molar-refractivity contribution in [2.75, 3.05) is 17.7 Å². The van der Waals surface area contributed by atoms with E-state index in [1.54, 1.807) is 18.2 Å². The van der Waals surface area contributed by atoms with Crippen molar-refractivity contribution in [3.05, 3.63) is 57.6 Å². The first kappa shape index (κ1) is 20.9. The van der Waals surface area contributed by atoms with E-state index in [1.165, 1.54) is 32.2 Å². The average molecular weight is 396 g/mol. The van der Waals surface area contributed by atoms with Crippen molar-refractivity contribution in [2.24, 2.45) is 0 Å². The van der Waals surface area contributed by atoms with E-state index < -0.39 is 22.3 Å². The van der Waals surface area contributed by atoms with Crippen LogP contribution in [-0.2, 0) is 9.59 Å². The average Bonchev–Trinajstić information content (AvgIpc) is 2.67. The molecule has 10 heteroatoms. The Hall–Kier alpha value is -4.39. The molecule has 0 atom stereocenters. The van der Waals surface area contributed by atoms with E-state index in [1.807, 2.05) is 0 Å². The number of amides is 2. The van der Waals surface area contributed by atoms with Crippen LogP contribution in [-0.4, -0.2) is 29.0 Å². The second-order valence-electron chi connectivity index (χ2n) is 5.73. The summed E-state index contributed by atoms with van der Waals surface area (Å²) in [5.74, 6) is -1.81. The molecule has 0 spiro atoms. The smallest absolute Gasteiger partial charge is 0.315 e. The van der Waals surface area contributed by atoms with E-state index in [-0.39, 0.29) is 22.8 Å². The van der Waals surface area contributed by atoms with Gasteiger partial charge < -0.3 is 20.5 Å². The number of aromatic hydroxyl groups is 1. The van der Waals surface area contributed by atoms with Gasteiger partial charge in [-0.3, -0.25) is 19.7 Å². The number of nitriles is 1. The van der Waals surface area contributed by atoms with Gasteiger partial charge in [0.15, 0.2) is 5.75 Å². The zero-order chi connectivity index (χ0) is 21.6. The van der Waals surface area contributed by atoms with Crippen molar-refractivity contribution < 1.29 is 24.4 Å². The molecule has 2 aromatic rings.